The van der Waals surface area contributed by atoms with Crippen LogP contribution in [0.15, 0.2) is 67.0 Å². The first-order chi connectivity index (χ1) is 10.3. The Hall–Kier alpha value is -2.94. The van der Waals surface area contributed by atoms with Crippen molar-refractivity contribution in [3.8, 4) is 11.3 Å². The number of rotatable bonds is 1. The van der Waals surface area contributed by atoms with Crippen molar-refractivity contribution in [1.29, 1.82) is 0 Å². The van der Waals surface area contributed by atoms with Gasteiger partial charge in [-0.2, -0.15) is 0 Å². The lowest BCUT2D eigenvalue weighted by Crippen LogP contribution is -1.95. The van der Waals surface area contributed by atoms with Gasteiger partial charge in [0.1, 0.15) is 5.82 Å². The Labute approximate surface area is 122 Å². The highest BCUT2D eigenvalue weighted by Gasteiger charge is 2.06. The molecule has 0 bridgehead atoms. The van der Waals surface area contributed by atoms with Gasteiger partial charge in [0.05, 0.1) is 5.69 Å². The van der Waals surface area contributed by atoms with Crippen LogP contribution in [0.1, 0.15) is 0 Å². The predicted octanol–water partition coefficient (Wildman–Crippen LogP) is 4.03. The van der Waals surface area contributed by atoms with Gasteiger partial charge in [0.25, 0.3) is 0 Å². The predicted molar refractivity (Wildman–Crippen MR) is 86.9 cm³/mol. The maximum atomic E-state index is 6.06. The van der Waals surface area contributed by atoms with Crippen LogP contribution in [0, 0.1) is 0 Å². The highest BCUT2D eigenvalue weighted by atomic mass is 14.8. The van der Waals surface area contributed by atoms with Gasteiger partial charge in [-0.1, -0.05) is 36.4 Å². The Kier molecular flexibility index (Phi) is 2.57. The Balaban J connectivity index is 1.95. The van der Waals surface area contributed by atoms with Gasteiger partial charge >= 0.3 is 0 Å². The van der Waals surface area contributed by atoms with Crippen molar-refractivity contribution in [3.63, 3.8) is 0 Å². The Bertz CT molecular complexity index is 961. The second-order valence-corrected chi connectivity index (χ2v) is 5.05. The normalized spacial score (nSPS) is 11.0. The molecule has 0 aliphatic carbocycles. The zero-order valence-electron chi connectivity index (χ0n) is 11.3. The molecule has 2 heterocycles. The first-order valence-corrected chi connectivity index (χ1v) is 6.81. The SMILES string of the molecule is Nc1nc(-c2ccc3ccccc3c2)cc2ccncc12. The van der Waals surface area contributed by atoms with Crippen molar-refractivity contribution in [2.45, 2.75) is 0 Å². The molecule has 2 N–H and O–H groups in total. The molecule has 0 spiro atoms. The standard InChI is InChI=1S/C18H13N3/c19-18-16-11-20-8-7-14(16)10-17(21-18)15-6-5-12-3-1-2-4-13(12)9-15/h1-11H,(H2,19,21). The van der Waals surface area contributed by atoms with E-state index in [0.29, 0.717) is 5.82 Å². The van der Waals surface area contributed by atoms with Crippen LogP contribution in [-0.4, -0.2) is 9.97 Å². The molecule has 0 radical (unpaired) electrons. The summed E-state index contributed by atoms with van der Waals surface area (Å²) in [6, 6.07) is 18.6. The molecule has 4 rings (SSSR count). The van der Waals surface area contributed by atoms with Gasteiger partial charge in [-0.05, 0) is 34.4 Å². The van der Waals surface area contributed by atoms with Crippen LogP contribution < -0.4 is 5.73 Å². The quantitative estimate of drug-likeness (QED) is 0.568. The summed E-state index contributed by atoms with van der Waals surface area (Å²) in [6.07, 6.45) is 3.52. The number of aromatic nitrogens is 2. The molecule has 2 aromatic carbocycles. The van der Waals surface area contributed by atoms with E-state index in [2.05, 4.69) is 46.4 Å². The number of hydrogen-bond donors (Lipinski definition) is 1. The van der Waals surface area contributed by atoms with E-state index in [1.54, 1.807) is 12.4 Å². The molecule has 0 fully saturated rings. The van der Waals surface area contributed by atoms with Crippen LogP contribution in [0.2, 0.25) is 0 Å². The molecule has 100 valence electrons. The summed E-state index contributed by atoms with van der Waals surface area (Å²) in [4.78, 5) is 8.61. The van der Waals surface area contributed by atoms with Crippen molar-refractivity contribution in [1.82, 2.24) is 9.97 Å². The lowest BCUT2D eigenvalue weighted by atomic mass is 10.0. The first-order valence-electron chi connectivity index (χ1n) is 6.81. The van der Waals surface area contributed by atoms with Crippen molar-refractivity contribution >= 4 is 27.4 Å². The second-order valence-electron chi connectivity index (χ2n) is 5.05. The Morgan fingerprint density at radius 2 is 1.67 bits per heavy atom. The molecule has 0 aliphatic rings. The van der Waals surface area contributed by atoms with Gasteiger partial charge in [0.15, 0.2) is 0 Å². The number of pyridine rings is 2. The van der Waals surface area contributed by atoms with E-state index >= 15 is 0 Å². The summed E-state index contributed by atoms with van der Waals surface area (Å²) in [5.74, 6) is 0.517. The molecule has 21 heavy (non-hydrogen) atoms. The summed E-state index contributed by atoms with van der Waals surface area (Å²) in [6.45, 7) is 0. The highest BCUT2D eigenvalue weighted by molar-refractivity contribution is 5.94. The molecular formula is C18H13N3. The lowest BCUT2D eigenvalue weighted by molar-refractivity contribution is 1.32. The van der Waals surface area contributed by atoms with E-state index in [1.165, 1.54) is 10.8 Å². The molecule has 0 amide bonds. The smallest absolute Gasteiger partial charge is 0.133 e. The molecule has 0 saturated carbocycles. The monoisotopic (exact) mass is 271 g/mol. The van der Waals surface area contributed by atoms with Gasteiger partial charge < -0.3 is 5.73 Å². The largest absolute Gasteiger partial charge is 0.383 e. The van der Waals surface area contributed by atoms with E-state index in [0.717, 1.165) is 22.0 Å². The van der Waals surface area contributed by atoms with Gasteiger partial charge in [-0.15, -0.1) is 0 Å². The Morgan fingerprint density at radius 3 is 2.57 bits per heavy atom. The Morgan fingerprint density at radius 1 is 0.810 bits per heavy atom. The average Bonchev–Trinajstić information content (AvgIpc) is 2.54. The van der Waals surface area contributed by atoms with Gasteiger partial charge in [-0.3, -0.25) is 4.98 Å². The number of benzene rings is 2. The third-order valence-corrected chi connectivity index (χ3v) is 3.71. The molecule has 0 aliphatic heterocycles. The number of hydrogen-bond acceptors (Lipinski definition) is 3. The molecular weight excluding hydrogens is 258 g/mol. The van der Waals surface area contributed by atoms with Crippen LogP contribution in [-0.2, 0) is 0 Å². The number of anilines is 1. The second kappa shape index (κ2) is 4.56. The minimum absolute atomic E-state index is 0.517. The zero-order valence-corrected chi connectivity index (χ0v) is 11.3. The van der Waals surface area contributed by atoms with Crippen LogP contribution in [0.5, 0.6) is 0 Å². The van der Waals surface area contributed by atoms with E-state index in [4.69, 9.17) is 5.73 Å². The first kappa shape index (κ1) is 11.9. The maximum Gasteiger partial charge on any atom is 0.133 e. The molecule has 0 atom stereocenters. The topological polar surface area (TPSA) is 51.8 Å². The molecule has 3 nitrogen and oxygen atoms in total. The van der Waals surface area contributed by atoms with E-state index in [9.17, 15) is 0 Å². The minimum atomic E-state index is 0.517. The lowest BCUT2D eigenvalue weighted by Gasteiger charge is -2.07. The van der Waals surface area contributed by atoms with Crippen LogP contribution in [0.4, 0.5) is 5.82 Å². The van der Waals surface area contributed by atoms with E-state index < -0.39 is 0 Å². The summed E-state index contributed by atoms with van der Waals surface area (Å²) in [7, 11) is 0. The summed E-state index contributed by atoms with van der Waals surface area (Å²) in [5, 5.41) is 4.37. The van der Waals surface area contributed by atoms with Crippen LogP contribution in [0.3, 0.4) is 0 Å². The summed E-state index contributed by atoms with van der Waals surface area (Å²) in [5.41, 5.74) is 8.01. The number of nitrogens with zero attached hydrogens (tertiary/aromatic N) is 2. The van der Waals surface area contributed by atoms with Crippen molar-refractivity contribution in [3.05, 3.63) is 67.0 Å². The van der Waals surface area contributed by atoms with Crippen molar-refractivity contribution in [2.24, 2.45) is 0 Å². The fourth-order valence-corrected chi connectivity index (χ4v) is 2.61. The summed E-state index contributed by atoms with van der Waals surface area (Å²) < 4.78 is 0. The van der Waals surface area contributed by atoms with Crippen LogP contribution in [0.25, 0.3) is 32.8 Å². The minimum Gasteiger partial charge on any atom is -0.383 e. The average molecular weight is 271 g/mol. The highest BCUT2D eigenvalue weighted by Crippen LogP contribution is 2.27. The maximum absolute atomic E-state index is 6.06. The number of nitrogen functional groups attached to an aromatic ring is 1. The van der Waals surface area contributed by atoms with E-state index in [-0.39, 0.29) is 0 Å². The molecule has 3 heteroatoms. The van der Waals surface area contributed by atoms with Gasteiger partial charge in [-0.25, -0.2) is 4.98 Å². The van der Waals surface area contributed by atoms with Crippen molar-refractivity contribution < 1.29 is 0 Å². The fraction of sp³-hybridized carbons (Fsp3) is 0. The molecule has 0 saturated heterocycles. The third-order valence-electron chi connectivity index (χ3n) is 3.71. The molecule has 0 unspecified atom stereocenters. The number of nitrogens with two attached hydrogens (primary N) is 1. The van der Waals surface area contributed by atoms with Gasteiger partial charge in [0, 0.05) is 23.3 Å². The zero-order chi connectivity index (χ0) is 14.2. The fourth-order valence-electron chi connectivity index (χ4n) is 2.61. The van der Waals surface area contributed by atoms with Gasteiger partial charge in [0.2, 0.25) is 0 Å². The number of fused-ring (bicyclic) bond motifs is 2. The third kappa shape index (κ3) is 1.99. The van der Waals surface area contributed by atoms with Crippen molar-refractivity contribution in [2.75, 3.05) is 5.73 Å². The van der Waals surface area contributed by atoms with E-state index in [1.807, 2.05) is 18.2 Å². The molecule has 2 aromatic heterocycles. The van der Waals surface area contributed by atoms with Crippen LogP contribution >= 0.6 is 0 Å². The molecule has 4 aromatic rings. The summed E-state index contributed by atoms with van der Waals surface area (Å²) >= 11 is 0.